The van der Waals surface area contributed by atoms with Crippen LogP contribution in [0.5, 0.6) is 0 Å². The minimum Gasteiger partial charge on any atom is -0.303 e. The topological polar surface area (TPSA) is 34.1 Å². The maximum Gasteiger partial charge on any atom is 0.125 e. The molecule has 0 bridgehead atoms. The molecule has 82 valence electrons. The van der Waals surface area contributed by atoms with E-state index >= 15 is 0 Å². The van der Waals surface area contributed by atoms with Gasteiger partial charge in [0, 0.05) is 28.2 Å². The summed E-state index contributed by atoms with van der Waals surface area (Å²) in [5.41, 5.74) is -0.474. The van der Waals surface area contributed by atoms with Crippen LogP contribution in [0.4, 0.5) is 0 Å². The molecule has 0 radical (unpaired) electrons. The molecule has 0 amide bonds. The van der Waals surface area contributed by atoms with Crippen LogP contribution in [0.3, 0.4) is 0 Å². The van der Waals surface area contributed by atoms with Crippen molar-refractivity contribution in [1.82, 2.24) is 0 Å². The third kappa shape index (κ3) is 7.29. The summed E-state index contributed by atoms with van der Waals surface area (Å²) in [4.78, 5) is 21.2. The average molecular weight is 236 g/mol. The summed E-state index contributed by atoms with van der Waals surface area (Å²) in [5.74, 6) is 0. The Morgan fingerprint density at radius 2 is 1.14 bits per heavy atom. The first-order valence-corrected chi connectivity index (χ1v) is 4.76. The van der Waals surface area contributed by atoms with Crippen molar-refractivity contribution in [2.75, 3.05) is 0 Å². The zero-order valence-electron chi connectivity index (χ0n) is 9.50. The first-order chi connectivity index (χ1) is 5.83. The Bertz CT molecular complexity index is 166. The Kier molecular flexibility index (Phi) is 7.42. The third-order valence-corrected chi connectivity index (χ3v) is 2.28. The molecule has 0 fully saturated rings. The molecule has 0 aromatic carbocycles. The van der Waals surface area contributed by atoms with Crippen molar-refractivity contribution < 1.29 is 27.0 Å². The van der Waals surface area contributed by atoms with Crippen LogP contribution in [0.1, 0.15) is 47.0 Å². The molecule has 0 saturated heterocycles. The van der Waals surface area contributed by atoms with E-state index in [-0.39, 0.29) is 28.2 Å². The van der Waals surface area contributed by atoms with Crippen LogP contribution in [-0.4, -0.2) is 12.6 Å². The standard InChI is InChI=1S/C11H20O2.Cr/c1-10(2,8-12)6-5-7-11(3,4)9-13;/h8-9H,5-7H2,1-4H3;. The van der Waals surface area contributed by atoms with Crippen LogP contribution in [0, 0.1) is 10.8 Å². The van der Waals surface area contributed by atoms with Crippen molar-refractivity contribution in [2.24, 2.45) is 10.8 Å². The summed E-state index contributed by atoms with van der Waals surface area (Å²) in [6.07, 6.45) is 4.61. The van der Waals surface area contributed by atoms with Gasteiger partial charge in [-0.25, -0.2) is 0 Å². The van der Waals surface area contributed by atoms with Gasteiger partial charge >= 0.3 is 0 Å². The van der Waals surface area contributed by atoms with Gasteiger partial charge in [0.1, 0.15) is 12.6 Å². The van der Waals surface area contributed by atoms with Crippen LogP contribution in [-0.2, 0) is 27.0 Å². The van der Waals surface area contributed by atoms with Crippen molar-refractivity contribution in [3.63, 3.8) is 0 Å². The summed E-state index contributed by atoms with van der Waals surface area (Å²) in [7, 11) is 0. The zero-order valence-corrected chi connectivity index (χ0v) is 10.8. The fourth-order valence-corrected chi connectivity index (χ4v) is 1.12. The molecule has 3 heteroatoms. The molecular weight excluding hydrogens is 216 g/mol. The largest absolute Gasteiger partial charge is 0.303 e. The van der Waals surface area contributed by atoms with E-state index in [1.54, 1.807) is 0 Å². The maximum absolute atomic E-state index is 10.6. The van der Waals surface area contributed by atoms with E-state index < -0.39 is 0 Å². The van der Waals surface area contributed by atoms with E-state index in [9.17, 15) is 9.59 Å². The summed E-state index contributed by atoms with van der Waals surface area (Å²) in [5, 5.41) is 0. The number of rotatable bonds is 6. The maximum atomic E-state index is 10.6. The molecule has 0 N–H and O–H groups in total. The van der Waals surface area contributed by atoms with Crippen LogP contribution in [0.25, 0.3) is 0 Å². The molecule has 0 aliphatic carbocycles. The Balaban J connectivity index is 0. The molecule has 14 heavy (non-hydrogen) atoms. The van der Waals surface area contributed by atoms with Gasteiger partial charge in [-0.15, -0.1) is 0 Å². The fourth-order valence-electron chi connectivity index (χ4n) is 1.12. The second-order valence-electron chi connectivity index (χ2n) is 5.07. The molecule has 2 nitrogen and oxygen atoms in total. The average Bonchev–Trinajstić information content (AvgIpc) is 2.04. The third-order valence-electron chi connectivity index (χ3n) is 2.28. The fraction of sp³-hybridized carbons (Fsp3) is 0.818. The van der Waals surface area contributed by atoms with Crippen LogP contribution >= 0.6 is 0 Å². The van der Waals surface area contributed by atoms with Crippen molar-refractivity contribution >= 4 is 12.6 Å². The summed E-state index contributed by atoms with van der Waals surface area (Å²) in [6.45, 7) is 7.70. The predicted molar refractivity (Wildman–Crippen MR) is 53.5 cm³/mol. The molecule has 0 aliphatic heterocycles. The molecular formula is C11H20CrO2. The number of carbonyl (C=O) groups is 2. The van der Waals surface area contributed by atoms with Crippen molar-refractivity contribution in [1.29, 1.82) is 0 Å². The molecule has 0 aromatic rings. The minimum absolute atomic E-state index is 0. The molecule has 0 rings (SSSR count). The van der Waals surface area contributed by atoms with E-state index in [2.05, 4.69) is 0 Å². The monoisotopic (exact) mass is 236 g/mol. The first kappa shape index (κ1) is 16.3. The van der Waals surface area contributed by atoms with Gasteiger partial charge in [0.2, 0.25) is 0 Å². The number of aldehydes is 2. The molecule has 0 heterocycles. The van der Waals surface area contributed by atoms with Crippen LogP contribution in [0.2, 0.25) is 0 Å². The van der Waals surface area contributed by atoms with E-state index in [0.29, 0.717) is 0 Å². The Labute approximate surface area is 97.6 Å². The normalized spacial score (nSPS) is 11.7. The number of hydrogen-bond acceptors (Lipinski definition) is 2. The van der Waals surface area contributed by atoms with E-state index in [0.717, 1.165) is 31.8 Å². The van der Waals surface area contributed by atoms with E-state index in [1.807, 2.05) is 27.7 Å². The molecule has 0 spiro atoms. The second-order valence-corrected chi connectivity index (χ2v) is 5.07. The van der Waals surface area contributed by atoms with Gasteiger partial charge in [0.05, 0.1) is 0 Å². The Morgan fingerprint density at radius 3 is 1.36 bits per heavy atom. The van der Waals surface area contributed by atoms with Gasteiger partial charge in [-0.1, -0.05) is 34.1 Å². The van der Waals surface area contributed by atoms with Gasteiger partial charge in [0.25, 0.3) is 0 Å². The van der Waals surface area contributed by atoms with Crippen molar-refractivity contribution in [3.8, 4) is 0 Å². The summed E-state index contributed by atoms with van der Waals surface area (Å²) >= 11 is 0. The Hall–Kier alpha value is -0.128. The van der Waals surface area contributed by atoms with Gasteiger partial charge in [0.15, 0.2) is 0 Å². The smallest absolute Gasteiger partial charge is 0.125 e. The molecule has 0 atom stereocenters. The van der Waals surface area contributed by atoms with E-state index in [1.165, 1.54) is 0 Å². The minimum atomic E-state index is -0.237. The van der Waals surface area contributed by atoms with Gasteiger partial charge in [-0.2, -0.15) is 0 Å². The van der Waals surface area contributed by atoms with Gasteiger partial charge < -0.3 is 9.59 Å². The summed E-state index contributed by atoms with van der Waals surface area (Å²) in [6, 6.07) is 0. The van der Waals surface area contributed by atoms with E-state index in [4.69, 9.17) is 0 Å². The molecule has 0 aromatic heterocycles. The Morgan fingerprint density at radius 1 is 0.857 bits per heavy atom. The van der Waals surface area contributed by atoms with Crippen LogP contribution in [0.15, 0.2) is 0 Å². The van der Waals surface area contributed by atoms with Gasteiger partial charge in [-0.3, -0.25) is 0 Å². The molecule has 0 saturated carbocycles. The van der Waals surface area contributed by atoms with Crippen LogP contribution < -0.4 is 0 Å². The SMILES string of the molecule is CC(C)(C=O)CCCC(C)(C)C=O.[Cr]. The van der Waals surface area contributed by atoms with Gasteiger partial charge in [-0.05, 0) is 12.8 Å². The predicted octanol–water partition coefficient (Wildman–Crippen LogP) is 2.60. The summed E-state index contributed by atoms with van der Waals surface area (Å²) < 4.78 is 0. The quantitative estimate of drug-likeness (QED) is 0.664. The second kappa shape index (κ2) is 6.37. The number of carbonyl (C=O) groups excluding carboxylic acids is 2. The number of hydrogen-bond donors (Lipinski definition) is 0. The van der Waals surface area contributed by atoms with Crippen molar-refractivity contribution in [3.05, 3.63) is 0 Å². The molecule has 0 aliphatic rings. The zero-order chi connectivity index (χ0) is 10.5. The molecule has 0 unspecified atom stereocenters. The first-order valence-electron chi connectivity index (χ1n) is 4.76. The van der Waals surface area contributed by atoms with Crippen molar-refractivity contribution in [2.45, 2.75) is 47.0 Å².